The quantitative estimate of drug-likeness (QED) is 0.336. The van der Waals surface area contributed by atoms with E-state index in [9.17, 15) is 13.0 Å². The molecule has 0 saturated carbocycles. The van der Waals surface area contributed by atoms with E-state index in [1.165, 1.54) is 64.7 Å². The van der Waals surface area contributed by atoms with Crippen LogP contribution in [0, 0.1) is 0 Å². The summed E-state index contributed by atoms with van der Waals surface area (Å²) < 4.78 is 30.6. The molecule has 0 rings (SSSR count). The Bertz CT molecular complexity index is 357. The van der Waals surface area contributed by atoms with Crippen molar-refractivity contribution in [2.75, 3.05) is 6.54 Å². The van der Waals surface area contributed by atoms with E-state index in [0.717, 1.165) is 19.3 Å². The van der Waals surface area contributed by atoms with E-state index in [0.29, 0.717) is 6.42 Å². The van der Waals surface area contributed by atoms with E-state index in [2.05, 4.69) is 6.92 Å². The number of unbranched alkanes of at least 4 members (excludes halogenated alkanes) is 11. The summed E-state index contributed by atoms with van der Waals surface area (Å²) in [4.78, 5) is 0. The normalized spacial score (nSPS) is 14.9. The standard InChI is InChI=1S/C17H37NO3S/c1-3-4-5-6-7-8-9-10-11-12-13-14-15-17(2,16-18)22(19,20)21/h3-16,18H2,1-2H3,(H,19,20,21). The minimum Gasteiger partial charge on any atom is -0.329 e. The molecule has 0 aromatic rings. The van der Waals surface area contributed by atoms with Gasteiger partial charge < -0.3 is 5.73 Å². The Labute approximate surface area is 138 Å². The predicted molar refractivity (Wildman–Crippen MR) is 94.7 cm³/mol. The summed E-state index contributed by atoms with van der Waals surface area (Å²) in [6.45, 7) is 3.75. The molecule has 0 amide bonds. The van der Waals surface area contributed by atoms with Gasteiger partial charge >= 0.3 is 0 Å². The van der Waals surface area contributed by atoms with Crippen LogP contribution in [-0.4, -0.2) is 24.3 Å². The molecule has 22 heavy (non-hydrogen) atoms. The van der Waals surface area contributed by atoms with Crippen molar-refractivity contribution in [2.24, 2.45) is 5.73 Å². The molecule has 0 bridgehead atoms. The Kier molecular flexibility index (Phi) is 12.2. The zero-order valence-corrected chi connectivity index (χ0v) is 15.5. The number of hydrogen-bond donors (Lipinski definition) is 2. The van der Waals surface area contributed by atoms with Crippen molar-refractivity contribution in [3.05, 3.63) is 0 Å². The van der Waals surface area contributed by atoms with Crippen molar-refractivity contribution in [3.8, 4) is 0 Å². The maximum absolute atomic E-state index is 11.3. The summed E-state index contributed by atoms with van der Waals surface area (Å²) >= 11 is 0. The van der Waals surface area contributed by atoms with Crippen LogP contribution in [0.1, 0.15) is 97.3 Å². The van der Waals surface area contributed by atoms with Crippen LogP contribution in [0.4, 0.5) is 0 Å². The van der Waals surface area contributed by atoms with E-state index in [-0.39, 0.29) is 6.54 Å². The first-order valence-corrected chi connectivity index (χ1v) is 10.5. The van der Waals surface area contributed by atoms with Crippen LogP contribution in [0.15, 0.2) is 0 Å². The Balaban J connectivity index is 3.47. The Morgan fingerprint density at radius 2 is 1.18 bits per heavy atom. The molecule has 1 atom stereocenters. The smallest absolute Gasteiger partial charge is 0.271 e. The summed E-state index contributed by atoms with van der Waals surface area (Å²) in [5.41, 5.74) is 5.49. The highest BCUT2D eigenvalue weighted by Gasteiger charge is 2.35. The van der Waals surface area contributed by atoms with Gasteiger partial charge in [-0.1, -0.05) is 84.0 Å². The van der Waals surface area contributed by atoms with Crippen molar-refractivity contribution < 1.29 is 13.0 Å². The van der Waals surface area contributed by atoms with Gasteiger partial charge in [-0.15, -0.1) is 0 Å². The molecule has 0 heterocycles. The van der Waals surface area contributed by atoms with E-state index >= 15 is 0 Å². The van der Waals surface area contributed by atoms with Gasteiger partial charge in [0.05, 0.1) is 0 Å². The van der Waals surface area contributed by atoms with Crippen LogP contribution >= 0.6 is 0 Å². The zero-order chi connectivity index (χ0) is 16.9. The van der Waals surface area contributed by atoms with Crippen LogP contribution < -0.4 is 5.73 Å². The molecule has 3 N–H and O–H groups in total. The third-order valence-corrected chi connectivity index (χ3v) is 6.23. The van der Waals surface area contributed by atoms with Crippen LogP contribution in [0.5, 0.6) is 0 Å². The second-order valence-corrected chi connectivity index (χ2v) is 8.70. The predicted octanol–water partition coefficient (Wildman–Crippen LogP) is 4.68. The third kappa shape index (κ3) is 9.80. The largest absolute Gasteiger partial charge is 0.329 e. The maximum Gasteiger partial charge on any atom is 0.271 e. The van der Waals surface area contributed by atoms with Crippen molar-refractivity contribution >= 4 is 10.1 Å². The van der Waals surface area contributed by atoms with Crippen molar-refractivity contribution in [2.45, 2.75) is 102 Å². The molecule has 1 unspecified atom stereocenters. The van der Waals surface area contributed by atoms with Gasteiger partial charge in [-0.25, -0.2) is 0 Å². The molecule has 0 aromatic heterocycles. The molecule has 0 aromatic carbocycles. The van der Waals surface area contributed by atoms with Gasteiger partial charge in [0.2, 0.25) is 0 Å². The summed E-state index contributed by atoms with van der Waals surface area (Å²) in [5, 5.41) is 0. The van der Waals surface area contributed by atoms with Crippen molar-refractivity contribution in [1.29, 1.82) is 0 Å². The van der Waals surface area contributed by atoms with Crippen LogP contribution in [0.25, 0.3) is 0 Å². The van der Waals surface area contributed by atoms with Crippen LogP contribution in [-0.2, 0) is 10.1 Å². The monoisotopic (exact) mass is 335 g/mol. The average molecular weight is 336 g/mol. The van der Waals surface area contributed by atoms with E-state index in [4.69, 9.17) is 5.73 Å². The van der Waals surface area contributed by atoms with Gasteiger partial charge in [-0.05, 0) is 13.3 Å². The molecule has 4 nitrogen and oxygen atoms in total. The van der Waals surface area contributed by atoms with E-state index < -0.39 is 14.9 Å². The number of nitrogens with two attached hydrogens (primary N) is 1. The second-order valence-electron chi connectivity index (χ2n) is 6.77. The lowest BCUT2D eigenvalue weighted by molar-refractivity contribution is 0.412. The first-order valence-electron chi connectivity index (χ1n) is 9.04. The molecule has 5 heteroatoms. The fourth-order valence-electron chi connectivity index (χ4n) is 2.68. The van der Waals surface area contributed by atoms with Crippen molar-refractivity contribution in [3.63, 3.8) is 0 Å². The minimum absolute atomic E-state index is 0.0239. The highest BCUT2D eigenvalue weighted by Crippen LogP contribution is 2.23. The van der Waals surface area contributed by atoms with Crippen LogP contribution in [0.3, 0.4) is 0 Å². The second kappa shape index (κ2) is 12.3. The topological polar surface area (TPSA) is 80.4 Å². The highest BCUT2D eigenvalue weighted by atomic mass is 32.2. The molecule has 134 valence electrons. The van der Waals surface area contributed by atoms with Gasteiger partial charge in [0.1, 0.15) is 4.75 Å². The van der Waals surface area contributed by atoms with Gasteiger partial charge in [-0.2, -0.15) is 8.42 Å². The highest BCUT2D eigenvalue weighted by molar-refractivity contribution is 7.87. The molecular formula is C17H37NO3S. The van der Waals surface area contributed by atoms with E-state index in [1.54, 1.807) is 0 Å². The van der Waals surface area contributed by atoms with Gasteiger partial charge in [0.15, 0.2) is 0 Å². The van der Waals surface area contributed by atoms with Crippen molar-refractivity contribution in [1.82, 2.24) is 0 Å². The Hall–Kier alpha value is -0.130. The molecule has 0 aliphatic heterocycles. The lowest BCUT2D eigenvalue weighted by Gasteiger charge is -2.24. The lowest BCUT2D eigenvalue weighted by atomic mass is 10.0. The Morgan fingerprint density at radius 1 is 0.818 bits per heavy atom. The third-order valence-electron chi connectivity index (χ3n) is 4.61. The SMILES string of the molecule is CCCCCCCCCCCCCCC(C)(CN)S(=O)(=O)O. The summed E-state index contributed by atoms with van der Waals surface area (Å²) in [5.74, 6) is 0. The summed E-state index contributed by atoms with van der Waals surface area (Å²) in [6.07, 6.45) is 15.4. The fraction of sp³-hybridized carbons (Fsp3) is 1.00. The first kappa shape index (κ1) is 21.9. The zero-order valence-electron chi connectivity index (χ0n) is 14.6. The first-order chi connectivity index (χ1) is 10.4. The van der Waals surface area contributed by atoms with Crippen LogP contribution in [0.2, 0.25) is 0 Å². The molecular weight excluding hydrogens is 298 g/mol. The van der Waals surface area contributed by atoms with Gasteiger partial charge in [-0.3, -0.25) is 4.55 Å². The summed E-state index contributed by atoms with van der Waals surface area (Å²) in [6, 6.07) is 0. The Morgan fingerprint density at radius 3 is 1.50 bits per heavy atom. The van der Waals surface area contributed by atoms with Gasteiger partial charge in [0, 0.05) is 6.54 Å². The maximum atomic E-state index is 11.3. The molecule has 0 saturated heterocycles. The molecule has 0 spiro atoms. The molecule has 0 aliphatic carbocycles. The minimum atomic E-state index is -4.05. The van der Waals surface area contributed by atoms with E-state index in [1.807, 2.05) is 0 Å². The number of hydrogen-bond acceptors (Lipinski definition) is 3. The van der Waals surface area contributed by atoms with Gasteiger partial charge in [0.25, 0.3) is 10.1 Å². The molecule has 0 fully saturated rings. The lowest BCUT2D eigenvalue weighted by Crippen LogP contribution is -2.42. The molecule has 0 aliphatic rings. The fourth-order valence-corrected chi connectivity index (χ4v) is 3.29. The summed E-state index contributed by atoms with van der Waals surface area (Å²) in [7, 11) is -4.05. The molecule has 0 radical (unpaired) electrons. The average Bonchev–Trinajstić information content (AvgIpc) is 2.47. The number of rotatable bonds is 15.